The molecule has 0 bridgehead atoms. The average Bonchev–Trinajstić information content (AvgIpc) is 2.51. The predicted octanol–water partition coefficient (Wildman–Crippen LogP) is -1.64. The van der Waals surface area contributed by atoms with Gasteiger partial charge in [0, 0.05) is 0 Å². The standard InChI is InChI=1S/C11H16ClN3O6S/c1-22-11-14-8(4(12)9(20)15-11)13-10-7(19)6(18)5(17)3(2-16)21-10/h3,5-7,10,16-19H,2H2,1H3,(H2,13,14,15,20)/t3-,5+,6+,7-,10+/m0/s1. The van der Waals surface area contributed by atoms with E-state index in [1.165, 1.54) is 11.8 Å². The van der Waals surface area contributed by atoms with Gasteiger partial charge < -0.3 is 35.5 Å². The largest absolute Gasteiger partial charge is 0.394 e. The van der Waals surface area contributed by atoms with Gasteiger partial charge in [0.15, 0.2) is 17.2 Å². The van der Waals surface area contributed by atoms with Crippen LogP contribution in [0.1, 0.15) is 0 Å². The highest BCUT2D eigenvalue weighted by Gasteiger charge is 2.43. The molecule has 0 radical (unpaired) electrons. The van der Waals surface area contributed by atoms with Gasteiger partial charge in [-0.1, -0.05) is 23.4 Å². The summed E-state index contributed by atoms with van der Waals surface area (Å²) in [6, 6.07) is 0. The molecule has 9 nitrogen and oxygen atoms in total. The Labute approximate surface area is 134 Å². The van der Waals surface area contributed by atoms with E-state index in [1.807, 2.05) is 0 Å². The Morgan fingerprint density at radius 2 is 2.05 bits per heavy atom. The lowest BCUT2D eigenvalue weighted by Crippen LogP contribution is -2.60. The number of thioether (sulfide) groups is 1. The molecule has 0 unspecified atom stereocenters. The molecule has 2 heterocycles. The first-order valence-electron chi connectivity index (χ1n) is 6.30. The number of nitrogens with zero attached hydrogens (tertiary/aromatic N) is 1. The van der Waals surface area contributed by atoms with Crippen molar-refractivity contribution in [1.82, 2.24) is 9.97 Å². The van der Waals surface area contributed by atoms with Crippen molar-refractivity contribution in [2.75, 3.05) is 18.2 Å². The van der Waals surface area contributed by atoms with Crippen LogP contribution in [0.15, 0.2) is 9.95 Å². The molecule has 1 aromatic heterocycles. The van der Waals surface area contributed by atoms with E-state index in [9.17, 15) is 20.1 Å². The number of aliphatic hydroxyl groups excluding tert-OH is 4. The molecular formula is C11H16ClN3O6S. The third-order valence-electron chi connectivity index (χ3n) is 3.21. The second kappa shape index (κ2) is 7.13. The molecule has 1 aliphatic rings. The monoisotopic (exact) mass is 353 g/mol. The van der Waals surface area contributed by atoms with Gasteiger partial charge in [0.25, 0.3) is 5.56 Å². The number of aromatic amines is 1. The van der Waals surface area contributed by atoms with Crippen molar-refractivity contribution < 1.29 is 25.2 Å². The summed E-state index contributed by atoms with van der Waals surface area (Å²) < 4.78 is 5.26. The number of nitrogens with one attached hydrogen (secondary N) is 2. The van der Waals surface area contributed by atoms with Crippen molar-refractivity contribution in [3.8, 4) is 0 Å². The molecule has 1 aliphatic heterocycles. The fraction of sp³-hybridized carbons (Fsp3) is 0.636. The van der Waals surface area contributed by atoms with Gasteiger partial charge in [-0.2, -0.15) is 0 Å². The Morgan fingerprint density at radius 1 is 1.36 bits per heavy atom. The van der Waals surface area contributed by atoms with Crippen molar-refractivity contribution in [3.63, 3.8) is 0 Å². The van der Waals surface area contributed by atoms with E-state index in [0.717, 1.165) is 0 Å². The Balaban J connectivity index is 2.26. The van der Waals surface area contributed by atoms with Gasteiger partial charge in [0.05, 0.1) is 6.61 Å². The second-order valence-electron chi connectivity index (χ2n) is 4.63. The second-order valence-corrected chi connectivity index (χ2v) is 5.80. The van der Waals surface area contributed by atoms with Crippen molar-refractivity contribution in [1.29, 1.82) is 0 Å². The molecule has 5 atom stereocenters. The maximum Gasteiger partial charge on any atom is 0.272 e. The molecule has 1 fully saturated rings. The fourth-order valence-corrected chi connectivity index (χ4v) is 2.51. The molecule has 0 aliphatic carbocycles. The normalized spacial score (nSPS) is 32.0. The highest BCUT2D eigenvalue weighted by molar-refractivity contribution is 7.98. The fourth-order valence-electron chi connectivity index (χ4n) is 1.99. The number of anilines is 1. The maximum absolute atomic E-state index is 11.7. The van der Waals surface area contributed by atoms with Gasteiger partial charge in [-0.3, -0.25) is 4.79 Å². The summed E-state index contributed by atoms with van der Waals surface area (Å²) in [5.41, 5.74) is -0.576. The van der Waals surface area contributed by atoms with Crippen LogP contribution in [0.4, 0.5) is 5.82 Å². The maximum atomic E-state index is 11.7. The van der Waals surface area contributed by atoms with Crippen LogP contribution in [0.3, 0.4) is 0 Å². The zero-order chi connectivity index (χ0) is 16.4. The minimum absolute atomic E-state index is 0.0425. The van der Waals surface area contributed by atoms with E-state index in [1.54, 1.807) is 6.26 Å². The zero-order valence-corrected chi connectivity index (χ0v) is 13.0. The minimum atomic E-state index is -1.54. The lowest BCUT2D eigenvalue weighted by Gasteiger charge is -2.40. The third-order valence-corrected chi connectivity index (χ3v) is 4.14. The summed E-state index contributed by atoms with van der Waals surface area (Å²) in [7, 11) is 0. The molecule has 6 N–H and O–H groups in total. The third kappa shape index (κ3) is 3.38. The number of H-pyrrole nitrogens is 1. The van der Waals surface area contributed by atoms with Crippen LogP contribution in [0, 0.1) is 0 Å². The van der Waals surface area contributed by atoms with Crippen molar-refractivity contribution in [2.24, 2.45) is 0 Å². The summed E-state index contributed by atoms with van der Waals surface area (Å²) in [6.07, 6.45) is -5.10. The number of ether oxygens (including phenoxy) is 1. The van der Waals surface area contributed by atoms with E-state index in [0.29, 0.717) is 5.16 Å². The quantitative estimate of drug-likeness (QED) is 0.277. The molecule has 22 heavy (non-hydrogen) atoms. The topological polar surface area (TPSA) is 148 Å². The first kappa shape index (κ1) is 17.5. The van der Waals surface area contributed by atoms with E-state index >= 15 is 0 Å². The molecule has 0 amide bonds. The number of hydrogen-bond donors (Lipinski definition) is 6. The lowest BCUT2D eigenvalue weighted by molar-refractivity contribution is -0.221. The highest BCUT2D eigenvalue weighted by Crippen LogP contribution is 2.25. The number of aliphatic hydroxyl groups is 4. The number of halogens is 1. The van der Waals surface area contributed by atoms with Crippen LogP contribution in [0.2, 0.25) is 5.02 Å². The van der Waals surface area contributed by atoms with Crippen molar-refractivity contribution in [3.05, 3.63) is 15.4 Å². The first-order valence-corrected chi connectivity index (χ1v) is 7.90. The zero-order valence-electron chi connectivity index (χ0n) is 11.4. The number of hydrogen-bond acceptors (Lipinski definition) is 9. The SMILES string of the molecule is CSc1nc(N[C@@H]2O[C@@H](CO)[C@@H](O)[C@@H](O)[C@@H]2O)c(Cl)c(=O)[nH]1. The van der Waals surface area contributed by atoms with Crippen LogP contribution >= 0.6 is 23.4 Å². The Hall–Kier alpha value is -0.880. The Bertz CT molecular complexity index is 585. The van der Waals surface area contributed by atoms with Crippen LogP contribution < -0.4 is 10.9 Å². The molecule has 0 saturated carbocycles. The van der Waals surface area contributed by atoms with Gasteiger partial charge in [-0.25, -0.2) is 4.98 Å². The van der Waals surface area contributed by atoms with Crippen LogP contribution in [-0.4, -0.2) is 73.9 Å². The van der Waals surface area contributed by atoms with E-state index < -0.39 is 42.8 Å². The predicted molar refractivity (Wildman–Crippen MR) is 79.0 cm³/mol. The van der Waals surface area contributed by atoms with Crippen LogP contribution in [0.25, 0.3) is 0 Å². The Kier molecular flexibility index (Phi) is 5.66. The minimum Gasteiger partial charge on any atom is -0.394 e. The van der Waals surface area contributed by atoms with E-state index in [-0.39, 0.29) is 10.8 Å². The molecule has 11 heteroatoms. The average molecular weight is 354 g/mol. The lowest BCUT2D eigenvalue weighted by atomic mass is 9.98. The molecule has 0 aromatic carbocycles. The number of rotatable bonds is 4. The summed E-state index contributed by atoms with van der Waals surface area (Å²) in [6.45, 7) is -0.560. The van der Waals surface area contributed by atoms with Crippen LogP contribution in [-0.2, 0) is 4.74 Å². The number of aromatic nitrogens is 2. The molecular weight excluding hydrogens is 338 g/mol. The molecule has 1 saturated heterocycles. The summed E-state index contributed by atoms with van der Waals surface area (Å²) in [5.74, 6) is -0.0425. The van der Waals surface area contributed by atoms with Gasteiger partial charge in [0.1, 0.15) is 29.4 Å². The smallest absolute Gasteiger partial charge is 0.272 e. The van der Waals surface area contributed by atoms with Gasteiger partial charge in [-0.05, 0) is 6.26 Å². The van der Waals surface area contributed by atoms with Gasteiger partial charge >= 0.3 is 0 Å². The summed E-state index contributed by atoms with van der Waals surface area (Å²) in [4.78, 5) is 18.1. The molecule has 124 valence electrons. The molecule has 0 spiro atoms. The Morgan fingerprint density at radius 3 is 2.64 bits per heavy atom. The highest BCUT2D eigenvalue weighted by atomic mass is 35.5. The van der Waals surface area contributed by atoms with Crippen LogP contribution in [0.5, 0.6) is 0 Å². The molecule has 2 rings (SSSR count). The molecule has 1 aromatic rings. The van der Waals surface area contributed by atoms with Gasteiger partial charge in [-0.15, -0.1) is 0 Å². The first-order chi connectivity index (χ1) is 10.4. The van der Waals surface area contributed by atoms with E-state index in [2.05, 4.69) is 15.3 Å². The van der Waals surface area contributed by atoms with Crippen molar-refractivity contribution >= 4 is 29.2 Å². The summed E-state index contributed by atoms with van der Waals surface area (Å²) >= 11 is 7.02. The van der Waals surface area contributed by atoms with Crippen molar-refractivity contribution in [2.45, 2.75) is 35.8 Å². The van der Waals surface area contributed by atoms with Gasteiger partial charge in [0.2, 0.25) is 0 Å². The van der Waals surface area contributed by atoms with E-state index in [4.69, 9.17) is 21.4 Å². The summed E-state index contributed by atoms with van der Waals surface area (Å²) in [5, 5.41) is 41.1.